The summed E-state index contributed by atoms with van der Waals surface area (Å²) in [6.45, 7) is 8.39. The molecule has 0 amide bonds. The second-order valence-electron chi connectivity index (χ2n) is 5.27. The number of fused-ring (bicyclic) bond motifs is 1. The van der Waals surface area contributed by atoms with Gasteiger partial charge in [0.2, 0.25) is 0 Å². The van der Waals surface area contributed by atoms with Crippen molar-refractivity contribution in [2.75, 3.05) is 18.5 Å². The molecule has 0 saturated heterocycles. The Morgan fingerprint density at radius 3 is 2.84 bits per heavy atom. The Morgan fingerprint density at radius 2 is 2.16 bits per heavy atom. The zero-order valence-corrected chi connectivity index (χ0v) is 12.3. The van der Waals surface area contributed by atoms with Gasteiger partial charge < -0.3 is 14.6 Å². The van der Waals surface area contributed by atoms with Gasteiger partial charge in [0.15, 0.2) is 5.82 Å². The summed E-state index contributed by atoms with van der Waals surface area (Å²) in [6.07, 6.45) is 3.21. The fourth-order valence-corrected chi connectivity index (χ4v) is 2.25. The third-order valence-corrected chi connectivity index (χ3v) is 3.21. The van der Waals surface area contributed by atoms with Crippen molar-refractivity contribution in [3.05, 3.63) is 30.1 Å². The fourth-order valence-electron chi connectivity index (χ4n) is 2.25. The molecule has 2 rings (SSSR count). The molecule has 0 saturated carbocycles. The van der Waals surface area contributed by atoms with Crippen molar-refractivity contribution in [1.29, 1.82) is 0 Å². The first kappa shape index (κ1) is 13.9. The minimum Gasteiger partial charge on any atom is -0.358 e. The van der Waals surface area contributed by atoms with Gasteiger partial charge in [-0.2, -0.15) is 0 Å². The SMILES string of the molecule is CCCN(C)c1nc2ccccn2c1CNC(C)C. The number of aromatic nitrogens is 2. The van der Waals surface area contributed by atoms with E-state index in [1.807, 2.05) is 6.07 Å². The highest BCUT2D eigenvalue weighted by atomic mass is 15.2. The van der Waals surface area contributed by atoms with Crippen LogP contribution >= 0.6 is 0 Å². The summed E-state index contributed by atoms with van der Waals surface area (Å²) in [5.74, 6) is 1.08. The van der Waals surface area contributed by atoms with E-state index in [9.17, 15) is 0 Å². The Morgan fingerprint density at radius 1 is 1.37 bits per heavy atom. The molecule has 0 aromatic carbocycles. The summed E-state index contributed by atoms with van der Waals surface area (Å²) in [4.78, 5) is 7.00. The Kier molecular flexibility index (Phi) is 4.43. The van der Waals surface area contributed by atoms with Gasteiger partial charge in [-0.25, -0.2) is 4.98 Å². The molecule has 0 aliphatic carbocycles. The van der Waals surface area contributed by atoms with Gasteiger partial charge in [-0.15, -0.1) is 0 Å². The van der Waals surface area contributed by atoms with Gasteiger partial charge in [0.05, 0.1) is 5.69 Å². The molecule has 2 aromatic heterocycles. The lowest BCUT2D eigenvalue weighted by molar-refractivity contribution is 0.578. The zero-order chi connectivity index (χ0) is 13.8. The Balaban J connectivity index is 2.39. The van der Waals surface area contributed by atoms with E-state index in [1.165, 1.54) is 5.69 Å². The Bertz CT molecular complexity index is 530. The van der Waals surface area contributed by atoms with Gasteiger partial charge in [-0.1, -0.05) is 26.8 Å². The molecule has 4 heteroatoms. The lowest BCUT2D eigenvalue weighted by atomic mass is 10.3. The minimum atomic E-state index is 0.471. The molecule has 0 radical (unpaired) electrons. The van der Waals surface area contributed by atoms with Crippen molar-refractivity contribution in [3.8, 4) is 0 Å². The standard InChI is InChI=1S/C15H24N4/c1-5-9-18(4)15-13(11-16-12(2)3)19-10-7-6-8-14(19)17-15/h6-8,10,12,16H,5,9,11H2,1-4H3. The molecule has 0 aliphatic rings. The summed E-state index contributed by atoms with van der Waals surface area (Å²) in [5.41, 5.74) is 2.25. The Hall–Kier alpha value is -1.55. The van der Waals surface area contributed by atoms with Crippen LogP contribution in [-0.4, -0.2) is 29.0 Å². The molecular formula is C15H24N4. The summed E-state index contributed by atoms with van der Waals surface area (Å²) in [6, 6.07) is 6.61. The van der Waals surface area contributed by atoms with E-state index in [-0.39, 0.29) is 0 Å². The summed E-state index contributed by atoms with van der Waals surface area (Å²) >= 11 is 0. The van der Waals surface area contributed by atoms with Crippen LogP contribution in [0.2, 0.25) is 0 Å². The van der Waals surface area contributed by atoms with Gasteiger partial charge in [0.25, 0.3) is 0 Å². The van der Waals surface area contributed by atoms with Gasteiger partial charge in [-0.05, 0) is 18.6 Å². The number of imidazole rings is 1. The van der Waals surface area contributed by atoms with Crippen molar-refractivity contribution in [1.82, 2.24) is 14.7 Å². The maximum Gasteiger partial charge on any atom is 0.152 e. The van der Waals surface area contributed by atoms with Crippen LogP contribution in [0.4, 0.5) is 5.82 Å². The Labute approximate surface area is 115 Å². The van der Waals surface area contributed by atoms with Gasteiger partial charge in [-0.3, -0.25) is 0 Å². The number of hydrogen-bond donors (Lipinski definition) is 1. The molecule has 0 unspecified atom stereocenters. The summed E-state index contributed by atoms with van der Waals surface area (Å²) in [7, 11) is 2.12. The number of nitrogens with zero attached hydrogens (tertiary/aromatic N) is 3. The van der Waals surface area contributed by atoms with E-state index in [0.29, 0.717) is 6.04 Å². The molecule has 0 bridgehead atoms. The summed E-state index contributed by atoms with van der Waals surface area (Å²) in [5, 5.41) is 3.49. The number of nitrogens with one attached hydrogen (secondary N) is 1. The molecule has 0 fully saturated rings. The van der Waals surface area contributed by atoms with Gasteiger partial charge in [0.1, 0.15) is 5.65 Å². The maximum absolute atomic E-state index is 4.76. The highest BCUT2D eigenvalue weighted by molar-refractivity contribution is 5.55. The van der Waals surface area contributed by atoms with Gasteiger partial charge >= 0.3 is 0 Å². The fraction of sp³-hybridized carbons (Fsp3) is 0.533. The largest absolute Gasteiger partial charge is 0.358 e. The van der Waals surface area contributed by atoms with Crippen LogP contribution in [0.15, 0.2) is 24.4 Å². The monoisotopic (exact) mass is 260 g/mol. The van der Waals surface area contributed by atoms with Crippen molar-refractivity contribution in [2.24, 2.45) is 0 Å². The number of pyridine rings is 1. The molecule has 0 spiro atoms. The first-order valence-electron chi connectivity index (χ1n) is 7.04. The van der Waals surface area contributed by atoms with Crippen molar-refractivity contribution in [3.63, 3.8) is 0 Å². The third kappa shape index (κ3) is 3.07. The van der Waals surface area contributed by atoms with E-state index in [1.54, 1.807) is 0 Å². The zero-order valence-electron chi connectivity index (χ0n) is 12.3. The highest BCUT2D eigenvalue weighted by Crippen LogP contribution is 2.21. The quantitative estimate of drug-likeness (QED) is 0.866. The van der Waals surface area contributed by atoms with Crippen molar-refractivity contribution >= 4 is 11.5 Å². The number of rotatable bonds is 6. The third-order valence-electron chi connectivity index (χ3n) is 3.21. The second kappa shape index (κ2) is 6.06. The average molecular weight is 260 g/mol. The average Bonchev–Trinajstić information content (AvgIpc) is 2.75. The minimum absolute atomic E-state index is 0.471. The molecule has 0 aliphatic heterocycles. The first-order chi connectivity index (χ1) is 9.13. The molecular weight excluding hydrogens is 236 g/mol. The van der Waals surface area contributed by atoms with E-state index >= 15 is 0 Å². The van der Waals surface area contributed by atoms with Crippen LogP contribution < -0.4 is 10.2 Å². The van der Waals surface area contributed by atoms with Crippen LogP contribution in [-0.2, 0) is 6.54 Å². The van der Waals surface area contributed by atoms with Crippen LogP contribution in [0.5, 0.6) is 0 Å². The van der Waals surface area contributed by atoms with Crippen molar-refractivity contribution in [2.45, 2.75) is 39.8 Å². The van der Waals surface area contributed by atoms with Crippen molar-refractivity contribution < 1.29 is 0 Å². The molecule has 104 valence electrons. The topological polar surface area (TPSA) is 32.6 Å². The highest BCUT2D eigenvalue weighted by Gasteiger charge is 2.15. The van der Waals surface area contributed by atoms with Crippen LogP contribution in [0, 0.1) is 0 Å². The molecule has 1 N–H and O–H groups in total. The lowest BCUT2D eigenvalue weighted by Crippen LogP contribution is -2.25. The van der Waals surface area contributed by atoms with Crippen LogP contribution in [0.25, 0.3) is 5.65 Å². The van der Waals surface area contributed by atoms with E-state index in [2.05, 4.69) is 60.8 Å². The smallest absolute Gasteiger partial charge is 0.152 e. The number of hydrogen-bond acceptors (Lipinski definition) is 3. The molecule has 4 nitrogen and oxygen atoms in total. The van der Waals surface area contributed by atoms with Crippen LogP contribution in [0.3, 0.4) is 0 Å². The predicted octanol–water partition coefficient (Wildman–Crippen LogP) is 2.68. The molecule has 19 heavy (non-hydrogen) atoms. The summed E-state index contributed by atoms with van der Waals surface area (Å²) < 4.78 is 2.18. The van der Waals surface area contributed by atoms with E-state index in [4.69, 9.17) is 4.98 Å². The maximum atomic E-state index is 4.76. The molecule has 0 atom stereocenters. The predicted molar refractivity (Wildman–Crippen MR) is 80.7 cm³/mol. The number of anilines is 1. The van der Waals surface area contributed by atoms with E-state index < -0.39 is 0 Å². The molecule has 2 heterocycles. The molecule has 2 aromatic rings. The van der Waals surface area contributed by atoms with E-state index in [0.717, 1.165) is 31.0 Å². The second-order valence-corrected chi connectivity index (χ2v) is 5.27. The normalized spacial score (nSPS) is 11.4. The van der Waals surface area contributed by atoms with Gasteiger partial charge in [0, 0.05) is 32.4 Å². The first-order valence-corrected chi connectivity index (χ1v) is 7.04. The van der Waals surface area contributed by atoms with Crippen LogP contribution in [0.1, 0.15) is 32.9 Å². The lowest BCUT2D eigenvalue weighted by Gasteiger charge is -2.18.